The van der Waals surface area contributed by atoms with Gasteiger partial charge in [-0.1, -0.05) is 11.6 Å². The van der Waals surface area contributed by atoms with Gasteiger partial charge in [0.05, 0.1) is 23.5 Å². The molecular formula is C14H18ClN5O3. The maximum absolute atomic E-state index is 12.2. The van der Waals surface area contributed by atoms with E-state index in [1.54, 1.807) is 29.0 Å². The van der Waals surface area contributed by atoms with Crippen molar-refractivity contribution in [2.24, 2.45) is 0 Å². The molecule has 2 aromatic heterocycles. The molecule has 0 bridgehead atoms. The molecule has 23 heavy (non-hydrogen) atoms. The zero-order valence-electron chi connectivity index (χ0n) is 12.9. The van der Waals surface area contributed by atoms with Gasteiger partial charge in [-0.2, -0.15) is 10.2 Å². The number of carboxylic acids is 1. The van der Waals surface area contributed by atoms with E-state index >= 15 is 0 Å². The van der Waals surface area contributed by atoms with Crippen molar-refractivity contribution >= 4 is 23.5 Å². The number of hydrogen-bond acceptors (Lipinski definition) is 4. The van der Waals surface area contributed by atoms with Gasteiger partial charge in [0.25, 0.3) is 0 Å². The molecule has 0 saturated heterocycles. The van der Waals surface area contributed by atoms with Crippen LogP contribution in [0.1, 0.15) is 29.5 Å². The smallest absolute Gasteiger partial charge is 0.356 e. The topological polar surface area (TPSA) is 93.2 Å². The van der Waals surface area contributed by atoms with Crippen LogP contribution in [0.4, 0.5) is 0 Å². The first-order valence-corrected chi connectivity index (χ1v) is 7.51. The average molecular weight is 340 g/mol. The molecule has 1 amide bonds. The molecule has 0 fully saturated rings. The van der Waals surface area contributed by atoms with Gasteiger partial charge in [-0.15, -0.1) is 0 Å². The van der Waals surface area contributed by atoms with Crippen LogP contribution in [0.3, 0.4) is 0 Å². The second-order valence-corrected chi connectivity index (χ2v) is 5.43. The quantitative estimate of drug-likeness (QED) is 0.825. The third-order valence-corrected chi connectivity index (χ3v) is 3.74. The van der Waals surface area contributed by atoms with Gasteiger partial charge in [0.1, 0.15) is 0 Å². The highest BCUT2D eigenvalue weighted by atomic mass is 35.5. The fourth-order valence-corrected chi connectivity index (χ4v) is 2.33. The molecule has 0 aromatic carbocycles. The van der Waals surface area contributed by atoms with Gasteiger partial charge in [0.15, 0.2) is 5.69 Å². The second-order valence-electron chi connectivity index (χ2n) is 5.02. The Labute approximate surface area is 138 Å². The van der Waals surface area contributed by atoms with Crippen molar-refractivity contribution in [1.29, 1.82) is 0 Å². The predicted molar refractivity (Wildman–Crippen MR) is 83.2 cm³/mol. The van der Waals surface area contributed by atoms with Crippen LogP contribution in [0, 0.1) is 0 Å². The standard InChI is InChI=1S/C14H18ClN5O3/c1-3-20-12(10(15)8-16-20)9-18(2)13(21)5-7-19-6-4-11(17-19)14(22)23/h4,6,8H,3,5,7,9H2,1-2H3,(H,22,23). The number of carbonyl (C=O) groups is 2. The summed E-state index contributed by atoms with van der Waals surface area (Å²) in [5.41, 5.74) is 0.752. The van der Waals surface area contributed by atoms with Crippen LogP contribution < -0.4 is 0 Å². The van der Waals surface area contributed by atoms with Crippen molar-refractivity contribution in [2.45, 2.75) is 33.0 Å². The lowest BCUT2D eigenvalue weighted by atomic mass is 10.3. The Morgan fingerprint density at radius 2 is 2.17 bits per heavy atom. The lowest BCUT2D eigenvalue weighted by Gasteiger charge is -2.18. The Morgan fingerprint density at radius 1 is 1.43 bits per heavy atom. The Bertz CT molecular complexity index is 709. The molecular weight excluding hydrogens is 322 g/mol. The molecule has 8 nitrogen and oxygen atoms in total. The lowest BCUT2D eigenvalue weighted by molar-refractivity contribution is -0.130. The molecule has 0 aliphatic carbocycles. The minimum absolute atomic E-state index is 0.0376. The summed E-state index contributed by atoms with van der Waals surface area (Å²) in [5.74, 6) is -1.17. The number of hydrogen-bond donors (Lipinski definition) is 1. The molecule has 1 N–H and O–H groups in total. The van der Waals surface area contributed by atoms with Crippen LogP contribution in [0.2, 0.25) is 5.02 Å². The van der Waals surface area contributed by atoms with Gasteiger partial charge in [0, 0.05) is 32.8 Å². The average Bonchev–Trinajstić information content (AvgIpc) is 3.12. The van der Waals surface area contributed by atoms with Crippen LogP contribution >= 0.6 is 11.6 Å². The second kappa shape index (κ2) is 7.28. The summed E-state index contributed by atoms with van der Waals surface area (Å²) in [6, 6.07) is 1.40. The number of amides is 1. The van der Waals surface area contributed by atoms with E-state index < -0.39 is 5.97 Å². The van der Waals surface area contributed by atoms with E-state index in [0.29, 0.717) is 24.7 Å². The Balaban J connectivity index is 1.92. The molecule has 0 spiro atoms. The largest absolute Gasteiger partial charge is 0.476 e. The molecule has 0 atom stereocenters. The Morgan fingerprint density at radius 3 is 2.78 bits per heavy atom. The Hall–Kier alpha value is -2.35. The lowest BCUT2D eigenvalue weighted by Crippen LogP contribution is -2.28. The number of nitrogens with zero attached hydrogens (tertiary/aromatic N) is 5. The monoisotopic (exact) mass is 339 g/mol. The van der Waals surface area contributed by atoms with E-state index in [1.165, 1.54) is 10.7 Å². The molecule has 0 aliphatic heterocycles. The van der Waals surface area contributed by atoms with Gasteiger partial charge in [0.2, 0.25) is 5.91 Å². The molecule has 2 heterocycles. The van der Waals surface area contributed by atoms with E-state index in [-0.39, 0.29) is 18.0 Å². The van der Waals surface area contributed by atoms with Crippen molar-refractivity contribution in [2.75, 3.05) is 7.05 Å². The summed E-state index contributed by atoms with van der Waals surface area (Å²) in [4.78, 5) is 24.5. The highest BCUT2D eigenvalue weighted by Crippen LogP contribution is 2.17. The number of carbonyl (C=O) groups excluding carboxylic acids is 1. The zero-order valence-corrected chi connectivity index (χ0v) is 13.7. The summed E-state index contributed by atoms with van der Waals surface area (Å²) < 4.78 is 3.19. The third kappa shape index (κ3) is 4.10. The maximum atomic E-state index is 12.2. The highest BCUT2D eigenvalue weighted by molar-refractivity contribution is 6.31. The minimum atomic E-state index is -1.09. The molecule has 0 unspecified atom stereocenters. The number of rotatable bonds is 7. The summed E-state index contributed by atoms with van der Waals surface area (Å²) in [6.45, 7) is 3.31. The summed E-state index contributed by atoms with van der Waals surface area (Å²) in [6.07, 6.45) is 3.32. The minimum Gasteiger partial charge on any atom is -0.476 e. The molecule has 9 heteroatoms. The number of aromatic nitrogens is 4. The third-order valence-electron chi connectivity index (χ3n) is 3.42. The van der Waals surface area contributed by atoms with Crippen LogP contribution in [-0.4, -0.2) is 48.5 Å². The van der Waals surface area contributed by atoms with Gasteiger partial charge >= 0.3 is 5.97 Å². The van der Waals surface area contributed by atoms with Crippen LogP contribution in [0.5, 0.6) is 0 Å². The van der Waals surface area contributed by atoms with Crippen LogP contribution in [0.25, 0.3) is 0 Å². The number of aryl methyl sites for hydroxylation is 2. The van der Waals surface area contributed by atoms with E-state index in [2.05, 4.69) is 10.2 Å². The molecule has 0 aliphatic rings. The molecule has 124 valence electrons. The zero-order chi connectivity index (χ0) is 17.0. The number of carboxylic acid groups (broad SMARTS) is 1. The maximum Gasteiger partial charge on any atom is 0.356 e. The van der Waals surface area contributed by atoms with Gasteiger partial charge in [-0.3, -0.25) is 14.2 Å². The fourth-order valence-electron chi connectivity index (χ4n) is 2.13. The molecule has 0 radical (unpaired) electrons. The fraction of sp³-hybridized carbons (Fsp3) is 0.429. The Kier molecular flexibility index (Phi) is 5.38. The van der Waals surface area contributed by atoms with E-state index in [0.717, 1.165) is 5.69 Å². The molecule has 0 saturated carbocycles. The predicted octanol–water partition coefficient (Wildman–Crippen LogP) is 1.50. The first-order valence-electron chi connectivity index (χ1n) is 7.13. The number of halogens is 1. The first kappa shape index (κ1) is 17.0. The normalized spacial score (nSPS) is 10.7. The highest BCUT2D eigenvalue weighted by Gasteiger charge is 2.15. The SMILES string of the molecule is CCn1ncc(Cl)c1CN(C)C(=O)CCn1ccc(C(=O)O)n1. The van der Waals surface area contributed by atoms with E-state index in [9.17, 15) is 9.59 Å². The summed E-state index contributed by atoms with van der Waals surface area (Å²) in [7, 11) is 1.69. The van der Waals surface area contributed by atoms with E-state index in [1.807, 2.05) is 6.92 Å². The van der Waals surface area contributed by atoms with Gasteiger partial charge in [-0.05, 0) is 13.0 Å². The van der Waals surface area contributed by atoms with Crippen molar-refractivity contribution in [3.8, 4) is 0 Å². The van der Waals surface area contributed by atoms with E-state index in [4.69, 9.17) is 16.7 Å². The van der Waals surface area contributed by atoms with Crippen molar-refractivity contribution in [1.82, 2.24) is 24.5 Å². The molecule has 2 aromatic rings. The van der Waals surface area contributed by atoms with Crippen molar-refractivity contribution < 1.29 is 14.7 Å². The van der Waals surface area contributed by atoms with Gasteiger partial charge in [-0.25, -0.2) is 4.79 Å². The van der Waals surface area contributed by atoms with Gasteiger partial charge < -0.3 is 10.0 Å². The first-order chi connectivity index (χ1) is 10.9. The summed E-state index contributed by atoms with van der Waals surface area (Å²) >= 11 is 6.09. The summed E-state index contributed by atoms with van der Waals surface area (Å²) in [5, 5.41) is 17.3. The van der Waals surface area contributed by atoms with Crippen molar-refractivity contribution in [3.05, 3.63) is 34.9 Å². The van der Waals surface area contributed by atoms with Crippen molar-refractivity contribution in [3.63, 3.8) is 0 Å². The van der Waals surface area contributed by atoms with Crippen LogP contribution in [0.15, 0.2) is 18.5 Å². The van der Waals surface area contributed by atoms with Crippen LogP contribution in [-0.2, 0) is 24.4 Å². The molecule has 2 rings (SSSR count). The number of aromatic carboxylic acids is 1.